The molecule has 1 heterocycles. The van der Waals surface area contributed by atoms with E-state index in [1.807, 2.05) is 0 Å². The summed E-state index contributed by atoms with van der Waals surface area (Å²) in [5.74, 6) is 0. The molecule has 0 aliphatic carbocycles. The zero-order valence-corrected chi connectivity index (χ0v) is 10.8. The first-order chi connectivity index (χ1) is 7.72. The quantitative estimate of drug-likeness (QED) is 0.842. The van der Waals surface area contributed by atoms with Gasteiger partial charge in [-0.05, 0) is 25.1 Å². The maximum Gasteiger partial charge on any atom is 0.183 e. The molecular formula is C10H11Cl2N3S. The molecule has 6 heteroatoms. The van der Waals surface area contributed by atoms with Gasteiger partial charge in [-0.2, -0.15) is 0 Å². The molecule has 0 fully saturated rings. The molecule has 0 spiro atoms. The predicted molar refractivity (Wildman–Crippen MR) is 71.8 cm³/mol. The summed E-state index contributed by atoms with van der Waals surface area (Å²) in [5, 5.41) is 5.34. The van der Waals surface area contributed by atoms with E-state index >= 15 is 0 Å². The first-order valence-electron chi connectivity index (χ1n) is 4.91. The van der Waals surface area contributed by atoms with Gasteiger partial charge in [-0.15, -0.1) is 0 Å². The second-order valence-corrected chi connectivity index (χ2v) is 5.11. The number of nitrogens with one attached hydrogen (secondary N) is 1. The molecule has 0 amide bonds. The number of halogens is 2. The normalized spacial score (nSPS) is 10.9. The van der Waals surface area contributed by atoms with Crippen LogP contribution in [0.5, 0.6) is 0 Å². The van der Waals surface area contributed by atoms with Gasteiger partial charge in [0, 0.05) is 6.54 Å². The molecule has 0 unspecified atom stereocenters. The second kappa shape index (κ2) is 5.19. The fourth-order valence-electron chi connectivity index (χ4n) is 1.32. The minimum absolute atomic E-state index is 0.627. The number of anilines is 1. The van der Waals surface area contributed by atoms with Gasteiger partial charge in [-0.25, -0.2) is 4.98 Å². The molecule has 0 atom stereocenters. The van der Waals surface area contributed by atoms with Gasteiger partial charge < -0.3 is 11.1 Å². The molecule has 0 radical (unpaired) electrons. The van der Waals surface area contributed by atoms with Crippen molar-refractivity contribution in [1.82, 2.24) is 4.98 Å². The molecular weight excluding hydrogens is 265 g/mol. The van der Waals surface area contributed by atoms with Crippen LogP contribution < -0.4 is 11.1 Å². The van der Waals surface area contributed by atoms with Crippen molar-refractivity contribution in [2.45, 2.75) is 6.42 Å². The summed E-state index contributed by atoms with van der Waals surface area (Å²) in [7, 11) is 0. The zero-order chi connectivity index (χ0) is 11.5. The van der Waals surface area contributed by atoms with Crippen molar-refractivity contribution in [3.63, 3.8) is 0 Å². The van der Waals surface area contributed by atoms with Crippen molar-refractivity contribution in [1.29, 1.82) is 0 Å². The summed E-state index contributed by atoms with van der Waals surface area (Å²) < 4.78 is 0.921. The van der Waals surface area contributed by atoms with Crippen LogP contribution >= 0.6 is 34.5 Å². The number of rotatable bonds is 4. The number of nitrogens with two attached hydrogens (primary N) is 1. The molecule has 0 saturated heterocycles. The molecule has 1 aromatic heterocycles. The predicted octanol–water partition coefficient (Wildman–Crippen LogP) is 3.36. The molecule has 0 saturated carbocycles. The summed E-state index contributed by atoms with van der Waals surface area (Å²) in [4.78, 5) is 4.40. The molecule has 16 heavy (non-hydrogen) atoms. The Morgan fingerprint density at radius 3 is 2.75 bits per heavy atom. The van der Waals surface area contributed by atoms with E-state index in [0.29, 0.717) is 16.6 Å². The van der Waals surface area contributed by atoms with Gasteiger partial charge in [-0.1, -0.05) is 34.5 Å². The van der Waals surface area contributed by atoms with Crippen LogP contribution in [0.4, 0.5) is 5.13 Å². The molecule has 86 valence electrons. The molecule has 2 aromatic rings. The number of thiazole rings is 1. The molecule has 0 aliphatic rings. The molecule has 1 aromatic carbocycles. The van der Waals surface area contributed by atoms with Crippen LogP contribution in [-0.2, 0) is 0 Å². The third-order valence-corrected chi connectivity index (χ3v) is 3.88. The lowest BCUT2D eigenvalue weighted by atomic mass is 10.3. The van der Waals surface area contributed by atoms with E-state index < -0.39 is 0 Å². The standard InChI is InChI=1S/C10H11Cl2N3S/c11-6-2-3-7(12)9-8(6)15-10(16-9)14-5-1-4-13/h2-3H,1,4-5,13H2,(H,14,15). The van der Waals surface area contributed by atoms with Crippen molar-refractivity contribution in [3.8, 4) is 0 Å². The minimum Gasteiger partial charge on any atom is -0.361 e. The van der Waals surface area contributed by atoms with Gasteiger partial charge in [0.25, 0.3) is 0 Å². The molecule has 0 bridgehead atoms. The number of hydrogen-bond donors (Lipinski definition) is 2. The molecule has 3 N–H and O–H groups in total. The SMILES string of the molecule is NCCCNc1nc2c(Cl)ccc(Cl)c2s1. The summed E-state index contributed by atoms with van der Waals surface area (Å²) in [5.41, 5.74) is 6.18. The molecule has 3 nitrogen and oxygen atoms in total. The second-order valence-electron chi connectivity index (χ2n) is 3.29. The maximum absolute atomic E-state index is 6.07. The van der Waals surface area contributed by atoms with Crippen molar-refractivity contribution < 1.29 is 0 Å². The van der Waals surface area contributed by atoms with E-state index in [4.69, 9.17) is 28.9 Å². The Balaban J connectivity index is 2.29. The van der Waals surface area contributed by atoms with Crippen LogP contribution in [-0.4, -0.2) is 18.1 Å². The fourth-order valence-corrected chi connectivity index (χ4v) is 2.76. The highest BCUT2D eigenvalue weighted by molar-refractivity contribution is 7.22. The number of benzene rings is 1. The van der Waals surface area contributed by atoms with Crippen LogP contribution in [0.1, 0.15) is 6.42 Å². The molecule has 2 rings (SSSR count). The van der Waals surface area contributed by atoms with Crippen LogP contribution in [0.2, 0.25) is 10.0 Å². The van der Waals surface area contributed by atoms with E-state index in [1.54, 1.807) is 12.1 Å². The summed E-state index contributed by atoms with van der Waals surface area (Å²) in [6.45, 7) is 1.48. The Hall–Kier alpha value is -0.550. The van der Waals surface area contributed by atoms with E-state index in [2.05, 4.69) is 10.3 Å². The van der Waals surface area contributed by atoms with Gasteiger partial charge in [0.15, 0.2) is 5.13 Å². The number of fused-ring (bicyclic) bond motifs is 1. The average Bonchev–Trinajstić information content (AvgIpc) is 2.69. The lowest BCUT2D eigenvalue weighted by molar-refractivity contribution is 0.873. The van der Waals surface area contributed by atoms with E-state index in [0.717, 1.165) is 28.3 Å². The van der Waals surface area contributed by atoms with Gasteiger partial charge in [0.05, 0.1) is 14.7 Å². The lowest BCUT2D eigenvalue weighted by Crippen LogP contribution is -2.07. The van der Waals surface area contributed by atoms with E-state index in [9.17, 15) is 0 Å². The van der Waals surface area contributed by atoms with Gasteiger partial charge in [-0.3, -0.25) is 0 Å². The summed E-state index contributed by atoms with van der Waals surface area (Å²) in [6, 6.07) is 3.55. The highest BCUT2D eigenvalue weighted by Crippen LogP contribution is 2.35. The highest BCUT2D eigenvalue weighted by atomic mass is 35.5. The molecule has 0 aliphatic heterocycles. The Bertz CT molecular complexity index is 459. The van der Waals surface area contributed by atoms with E-state index in [1.165, 1.54) is 11.3 Å². The highest BCUT2D eigenvalue weighted by Gasteiger charge is 2.09. The van der Waals surface area contributed by atoms with Crippen molar-refractivity contribution in [3.05, 3.63) is 22.2 Å². The van der Waals surface area contributed by atoms with Crippen molar-refractivity contribution >= 4 is 49.9 Å². The Kier molecular flexibility index (Phi) is 3.86. The largest absolute Gasteiger partial charge is 0.361 e. The number of aromatic nitrogens is 1. The van der Waals surface area contributed by atoms with E-state index in [-0.39, 0.29) is 0 Å². The smallest absolute Gasteiger partial charge is 0.183 e. The number of hydrogen-bond acceptors (Lipinski definition) is 4. The summed E-state index contributed by atoms with van der Waals surface area (Å²) in [6.07, 6.45) is 0.914. The summed E-state index contributed by atoms with van der Waals surface area (Å²) >= 11 is 13.6. The maximum atomic E-state index is 6.07. The monoisotopic (exact) mass is 275 g/mol. The van der Waals surface area contributed by atoms with Gasteiger partial charge >= 0.3 is 0 Å². The topological polar surface area (TPSA) is 50.9 Å². The third kappa shape index (κ3) is 2.40. The fraction of sp³-hybridized carbons (Fsp3) is 0.300. The van der Waals surface area contributed by atoms with Crippen LogP contribution in [0.15, 0.2) is 12.1 Å². The van der Waals surface area contributed by atoms with Gasteiger partial charge in [0.2, 0.25) is 0 Å². The average molecular weight is 276 g/mol. The van der Waals surface area contributed by atoms with Crippen molar-refractivity contribution in [2.75, 3.05) is 18.4 Å². The first kappa shape index (κ1) is 11.9. The zero-order valence-electron chi connectivity index (χ0n) is 8.46. The Labute approximate surface area is 108 Å². The lowest BCUT2D eigenvalue weighted by Gasteiger charge is -1.98. The van der Waals surface area contributed by atoms with Crippen molar-refractivity contribution in [2.24, 2.45) is 5.73 Å². The van der Waals surface area contributed by atoms with Crippen LogP contribution in [0.3, 0.4) is 0 Å². The first-order valence-corrected chi connectivity index (χ1v) is 6.48. The van der Waals surface area contributed by atoms with Crippen LogP contribution in [0, 0.1) is 0 Å². The third-order valence-electron chi connectivity index (χ3n) is 2.10. The minimum atomic E-state index is 0.627. The van der Waals surface area contributed by atoms with Gasteiger partial charge in [0.1, 0.15) is 5.52 Å². The van der Waals surface area contributed by atoms with Crippen LogP contribution in [0.25, 0.3) is 10.2 Å². The Morgan fingerprint density at radius 1 is 1.31 bits per heavy atom. The Morgan fingerprint density at radius 2 is 2.06 bits per heavy atom. The number of nitrogens with zero attached hydrogens (tertiary/aromatic N) is 1.